The fourth-order valence-corrected chi connectivity index (χ4v) is 5.36. The maximum Gasteiger partial charge on any atom is 0.335 e. The van der Waals surface area contributed by atoms with Crippen LogP contribution in [-0.4, -0.2) is 32.7 Å². The zero-order valence-corrected chi connectivity index (χ0v) is 22.3. The van der Waals surface area contributed by atoms with Crippen molar-refractivity contribution in [3.05, 3.63) is 98.9 Å². The molecule has 0 amide bonds. The van der Waals surface area contributed by atoms with E-state index in [0.29, 0.717) is 21.7 Å². The molecule has 0 aliphatic heterocycles. The highest BCUT2D eigenvalue weighted by molar-refractivity contribution is 7.98. The van der Waals surface area contributed by atoms with Crippen LogP contribution in [0.2, 0.25) is 10.0 Å². The molecule has 0 spiro atoms. The number of ether oxygens (including phenoxy) is 1. The van der Waals surface area contributed by atoms with E-state index >= 15 is 0 Å². The van der Waals surface area contributed by atoms with Crippen LogP contribution in [0.15, 0.2) is 60.0 Å². The first-order valence-corrected chi connectivity index (χ1v) is 12.6. The summed E-state index contributed by atoms with van der Waals surface area (Å²) in [4.78, 5) is 20.0. The fourth-order valence-electron chi connectivity index (χ4n) is 3.80. The second kappa shape index (κ2) is 10.7. The van der Waals surface area contributed by atoms with Crippen molar-refractivity contribution in [3.63, 3.8) is 0 Å². The van der Waals surface area contributed by atoms with Gasteiger partial charge in [0.2, 0.25) is 0 Å². The Morgan fingerprint density at radius 2 is 1.84 bits per heavy atom. The lowest BCUT2D eigenvalue weighted by molar-refractivity contribution is 0.0696. The summed E-state index contributed by atoms with van der Waals surface area (Å²) in [5.74, 6) is -1.50. The predicted octanol–water partition coefficient (Wildman–Crippen LogP) is 7.18. The second-order valence-electron chi connectivity index (χ2n) is 8.58. The van der Waals surface area contributed by atoms with Gasteiger partial charge in [0.25, 0.3) is 0 Å². The summed E-state index contributed by atoms with van der Waals surface area (Å²) in [6, 6.07) is 10.4. The van der Waals surface area contributed by atoms with Crippen LogP contribution < -0.4 is 4.74 Å². The Hall–Kier alpha value is -3.14. The van der Waals surface area contributed by atoms with Crippen LogP contribution in [0.3, 0.4) is 0 Å². The van der Waals surface area contributed by atoms with Gasteiger partial charge in [0.05, 0.1) is 35.8 Å². The predicted molar refractivity (Wildman–Crippen MR) is 139 cm³/mol. The zero-order chi connectivity index (χ0) is 26.9. The number of carboxylic acid groups (broad SMARTS) is 1. The number of rotatable bonds is 8. The van der Waals surface area contributed by atoms with Gasteiger partial charge in [0, 0.05) is 21.8 Å². The number of carboxylic acids is 1. The molecule has 0 unspecified atom stereocenters. The summed E-state index contributed by atoms with van der Waals surface area (Å²) in [6.45, 7) is 3.98. The van der Waals surface area contributed by atoms with E-state index < -0.39 is 23.0 Å². The Bertz CT molecular complexity index is 1450. The van der Waals surface area contributed by atoms with Crippen LogP contribution in [0.25, 0.3) is 5.82 Å². The van der Waals surface area contributed by atoms with Crippen molar-refractivity contribution in [2.45, 2.75) is 30.2 Å². The molecule has 2 heterocycles. The molecule has 37 heavy (non-hydrogen) atoms. The summed E-state index contributed by atoms with van der Waals surface area (Å²) in [5.41, 5.74) is 0.876. The van der Waals surface area contributed by atoms with E-state index in [4.69, 9.17) is 33.0 Å². The summed E-state index contributed by atoms with van der Waals surface area (Å²) >= 11 is 13.6. The second-order valence-corrected chi connectivity index (χ2v) is 10.3. The Morgan fingerprint density at radius 1 is 1.08 bits per heavy atom. The van der Waals surface area contributed by atoms with Crippen molar-refractivity contribution in [1.82, 2.24) is 14.5 Å². The first kappa shape index (κ1) is 26.9. The minimum atomic E-state index is -1.27. The molecule has 6 nitrogen and oxygen atoms in total. The Kier molecular flexibility index (Phi) is 7.77. The molecule has 2 aromatic heterocycles. The third kappa shape index (κ3) is 5.44. The first-order chi connectivity index (χ1) is 17.5. The number of imidazole rings is 1. The lowest BCUT2D eigenvalue weighted by Gasteiger charge is -2.27. The Balaban J connectivity index is 1.78. The van der Waals surface area contributed by atoms with Crippen LogP contribution in [0.4, 0.5) is 8.78 Å². The Morgan fingerprint density at radius 3 is 2.46 bits per heavy atom. The number of benzene rings is 2. The smallest absolute Gasteiger partial charge is 0.335 e. The molecule has 0 aliphatic carbocycles. The van der Waals surface area contributed by atoms with Crippen molar-refractivity contribution >= 4 is 40.9 Å². The normalized spacial score (nSPS) is 11.5. The van der Waals surface area contributed by atoms with Crippen molar-refractivity contribution in [2.75, 3.05) is 7.11 Å². The lowest BCUT2D eigenvalue weighted by atomic mass is 9.81. The van der Waals surface area contributed by atoms with Crippen LogP contribution in [0.5, 0.6) is 5.75 Å². The number of aromatic nitrogens is 3. The van der Waals surface area contributed by atoms with Crippen LogP contribution in [0.1, 0.15) is 41.0 Å². The number of carbonyl (C=O) groups is 1. The van der Waals surface area contributed by atoms with Gasteiger partial charge in [-0.1, -0.05) is 54.9 Å². The highest BCUT2D eigenvalue weighted by Crippen LogP contribution is 2.39. The van der Waals surface area contributed by atoms with Crippen LogP contribution >= 0.6 is 35.0 Å². The molecule has 0 saturated carbocycles. The molecular weight excluding hydrogens is 543 g/mol. The monoisotopic (exact) mass is 563 g/mol. The molecule has 0 saturated heterocycles. The van der Waals surface area contributed by atoms with Gasteiger partial charge in [0.15, 0.2) is 5.16 Å². The fraction of sp³-hybridized carbons (Fsp3) is 0.192. The molecule has 0 aliphatic rings. The number of aromatic carboxylic acids is 1. The van der Waals surface area contributed by atoms with Gasteiger partial charge in [-0.05, 0) is 42.0 Å². The quantitative estimate of drug-likeness (QED) is 0.229. The van der Waals surface area contributed by atoms with Gasteiger partial charge in [-0.3, -0.25) is 4.57 Å². The lowest BCUT2D eigenvalue weighted by Crippen LogP contribution is -2.23. The standard InChI is InChI=1S/C26H21Cl2F2N3O3S/c1-26(2,15-4-6-18(27)21(10-15)36-3)22-12-32-25(33(22)23-7-5-16(29)11-31-23)37-13-17-19(28)8-14(24(34)35)9-20(17)30/h4-12H,13H2,1-3H3,(H,34,35). The molecule has 0 fully saturated rings. The van der Waals surface area contributed by atoms with E-state index in [1.54, 1.807) is 16.8 Å². The van der Waals surface area contributed by atoms with Crippen molar-refractivity contribution in [3.8, 4) is 11.6 Å². The molecule has 2 aromatic carbocycles. The minimum Gasteiger partial charge on any atom is -0.495 e. The largest absolute Gasteiger partial charge is 0.495 e. The summed E-state index contributed by atoms with van der Waals surface area (Å²) < 4.78 is 35.5. The minimum absolute atomic E-state index is 0.00303. The van der Waals surface area contributed by atoms with E-state index in [1.165, 1.54) is 37.1 Å². The third-order valence-corrected chi connectivity index (χ3v) is 7.55. The topological polar surface area (TPSA) is 77.2 Å². The van der Waals surface area contributed by atoms with Gasteiger partial charge in [0.1, 0.15) is 23.2 Å². The first-order valence-electron chi connectivity index (χ1n) is 10.9. The van der Waals surface area contributed by atoms with E-state index in [0.717, 1.165) is 23.5 Å². The van der Waals surface area contributed by atoms with Crippen LogP contribution in [0, 0.1) is 11.6 Å². The molecule has 4 aromatic rings. The number of halogens is 4. The molecule has 4 rings (SSSR count). The van der Waals surface area contributed by atoms with E-state index in [2.05, 4.69) is 9.97 Å². The molecule has 0 radical (unpaired) electrons. The molecule has 0 bridgehead atoms. The van der Waals surface area contributed by atoms with Crippen LogP contribution in [-0.2, 0) is 11.2 Å². The number of hydrogen-bond acceptors (Lipinski definition) is 5. The number of nitrogens with zero attached hydrogens (tertiary/aromatic N) is 3. The van der Waals surface area contributed by atoms with E-state index in [-0.39, 0.29) is 21.9 Å². The highest BCUT2D eigenvalue weighted by atomic mass is 35.5. The Labute approximate surface area is 226 Å². The van der Waals surface area contributed by atoms with Gasteiger partial charge >= 0.3 is 5.97 Å². The molecule has 11 heteroatoms. The third-order valence-electron chi connectivity index (χ3n) is 5.92. The maximum atomic E-state index is 14.7. The molecule has 0 atom stereocenters. The zero-order valence-electron chi connectivity index (χ0n) is 19.9. The molecule has 192 valence electrons. The number of pyridine rings is 1. The van der Waals surface area contributed by atoms with Crippen molar-refractivity contribution in [2.24, 2.45) is 0 Å². The van der Waals surface area contributed by atoms with Gasteiger partial charge in [-0.25, -0.2) is 23.5 Å². The summed E-state index contributed by atoms with van der Waals surface area (Å²) in [7, 11) is 1.53. The van der Waals surface area contributed by atoms with Crippen molar-refractivity contribution < 1.29 is 23.4 Å². The maximum absolute atomic E-state index is 14.7. The summed E-state index contributed by atoms with van der Waals surface area (Å²) in [5, 5.41) is 10.1. The number of hydrogen-bond donors (Lipinski definition) is 1. The number of methoxy groups -OCH3 is 1. The summed E-state index contributed by atoms with van der Waals surface area (Å²) in [6.07, 6.45) is 2.78. The molecular formula is C26H21Cl2F2N3O3S. The van der Waals surface area contributed by atoms with Gasteiger partial charge in [-0.15, -0.1) is 0 Å². The van der Waals surface area contributed by atoms with E-state index in [9.17, 15) is 13.6 Å². The molecule has 1 N–H and O–H groups in total. The van der Waals surface area contributed by atoms with Gasteiger partial charge < -0.3 is 9.84 Å². The highest BCUT2D eigenvalue weighted by Gasteiger charge is 2.31. The van der Waals surface area contributed by atoms with Crippen molar-refractivity contribution in [1.29, 1.82) is 0 Å². The average Bonchev–Trinajstić information content (AvgIpc) is 3.28. The van der Waals surface area contributed by atoms with E-state index in [1.807, 2.05) is 26.0 Å². The number of thioether (sulfide) groups is 1. The average molecular weight is 564 g/mol. The van der Waals surface area contributed by atoms with Gasteiger partial charge in [-0.2, -0.15) is 0 Å². The SMILES string of the molecule is COc1cc(C(C)(C)c2cnc(SCc3c(F)cc(C(=O)O)cc3Cl)n2-c2ccc(F)cn2)ccc1Cl.